The number of anilines is 1. The van der Waals surface area contributed by atoms with Gasteiger partial charge in [-0.15, -0.1) is 0 Å². The number of rotatable bonds is 3. The van der Waals surface area contributed by atoms with Gasteiger partial charge in [0.1, 0.15) is 12.2 Å². The van der Waals surface area contributed by atoms with Gasteiger partial charge in [0.05, 0.1) is 11.7 Å². The lowest BCUT2D eigenvalue weighted by atomic mass is 10.1. The number of ether oxygens (including phenoxy) is 1. The van der Waals surface area contributed by atoms with Gasteiger partial charge in [0.25, 0.3) is 5.91 Å². The van der Waals surface area contributed by atoms with E-state index in [1.807, 2.05) is 0 Å². The van der Waals surface area contributed by atoms with Crippen molar-refractivity contribution in [3.05, 3.63) is 23.8 Å². The van der Waals surface area contributed by atoms with Crippen molar-refractivity contribution in [3.63, 3.8) is 0 Å². The zero-order valence-electron chi connectivity index (χ0n) is 11.1. The fourth-order valence-electron chi connectivity index (χ4n) is 1.93. The van der Waals surface area contributed by atoms with Crippen molar-refractivity contribution in [1.82, 2.24) is 5.32 Å². The van der Waals surface area contributed by atoms with E-state index in [1.165, 1.54) is 0 Å². The number of carbonyl (C=O) groups excluding carboxylic acids is 2. The van der Waals surface area contributed by atoms with Crippen molar-refractivity contribution in [3.8, 4) is 5.75 Å². The summed E-state index contributed by atoms with van der Waals surface area (Å²) in [5, 5.41) is 4.85. The number of nitrogens with one attached hydrogen (secondary N) is 2. The van der Waals surface area contributed by atoms with Crippen molar-refractivity contribution in [1.29, 1.82) is 0 Å². The Morgan fingerprint density at radius 3 is 2.86 bits per heavy atom. The molecule has 0 bridgehead atoms. The average molecular weight is 302 g/mol. The molecule has 0 aromatic heterocycles. The van der Waals surface area contributed by atoms with Crippen LogP contribution in [0, 0.1) is 0 Å². The number of halogens is 3. The van der Waals surface area contributed by atoms with Crippen molar-refractivity contribution in [2.45, 2.75) is 25.6 Å². The highest BCUT2D eigenvalue weighted by atomic mass is 19.4. The summed E-state index contributed by atoms with van der Waals surface area (Å²) in [6, 6.07) is 4.15. The Morgan fingerprint density at radius 1 is 1.48 bits per heavy atom. The summed E-state index contributed by atoms with van der Waals surface area (Å²) >= 11 is 0. The van der Waals surface area contributed by atoms with Crippen LogP contribution >= 0.6 is 0 Å². The standard InChI is InChI=1S/C13H13F3N2O3/c1-7(17-11(19)5-13(14,15)16)8-2-3-10-9(4-8)18-12(20)6-21-10/h2-4,7H,5-6H2,1H3,(H,17,19)(H,18,20). The molecule has 2 amide bonds. The highest BCUT2D eigenvalue weighted by Crippen LogP contribution is 2.30. The van der Waals surface area contributed by atoms with Gasteiger partial charge in [0.15, 0.2) is 6.61 Å². The van der Waals surface area contributed by atoms with E-state index in [-0.39, 0.29) is 12.5 Å². The molecule has 1 aliphatic heterocycles. The number of alkyl halides is 3. The molecule has 2 rings (SSSR count). The van der Waals surface area contributed by atoms with Crippen molar-refractivity contribution >= 4 is 17.5 Å². The smallest absolute Gasteiger partial charge is 0.397 e. The molecule has 1 aliphatic rings. The van der Waals surface area contributed by atoms with Crippen LogP contribution in [0.15, 0.2) is 18.2 Å². The van der Waals surface area contributed by atoms with Gasteiger partial charge >= 0.3 is 6.18 Å². The second-order valence-electron chi connectivity index (χ2n) is 4.67. The molecule has 0 spiro atoms. The monoisotopic (exact) mass is 302 g/mol. The molecule has 1 aromatic carbocycles. The van der Waals surface area contributed by atoms with Crippen LogP contribution in [0.2, 0.25) is 0 Å². The summed E-state index contributed by atoms with van der Waals surface area (Å²) in [5.41, 5.74) is 0.996. The molecule has 0 aliphatic carbocycles. The zero-order valence-corrected chi connectivity index (χ0v) is 11.1. The lowest BCUT2D eigenvalue weighted by Crippen LogP contribution is -2.31. The molecule has 2 N–H and O–H groups in total. The molecule has 8 heteroatoms. The first-order chi connectivity index (χ1) is 9.74. The first kappa shape index (κ1) is 15.1. The fraction of sp³-hybridized carbons (Fsp3) is 0.385. The molecule has 1 atom stereocenters. The SMILES string of the molecule is CC(NC(=O)CC(F)(F)F)c1ccc2c(c1)NC(=O)CO2. The lowest BCUT2D eigenvalue weighted by molar-refractivity contribution is -0.154. The van der Waals surface area contributed by atoms with E-state index in [1.54, 1.807) is 25.1 Å². The Hall–Kier alpha value is -2.25. The molecule has 114 valence electrons. The summed E-state index contributed by atoms with van der Waals surface area (Å²) in [5.74, 6) is -0.936. The van der Waals surface area contributed by atoms with Crippen LogP contribution in [-0.4, -0.2) is 24.6 Å². The van der Waals surface area contributed by atoms with Crippen LogP contribution in [0.25, 0.3) is 0 Å². The predicted molar refractivity (Wildman–Crippen MR) is 67.8 cm³/mol. The molecular weight excluding hydrogens is 289 g/mol. The molecule has 1 heterocycles. The van der Waals surface area contributed by atoms with Gasteiger partial charge in [-0.25, -0.2) is 0 Å². The fourth-order valence-corrected chi connectivity index (χ4v) is 1.93. The average Bonchev–Trinajstić information content (AvgIpc) is 2.35. The summed E-state index contributed by atoms with van der Waals surface area (Å²) in [6.07, 6.45) is -6.07. The van der Waals surface area contributed by atoms with Gasteiger partial charge < -0.3 is 15.4 Å². The number of hydrogen-bond donors (Lipinski definition) is 2. The molecule has 0 fully saturated rings. The zero-order chi connectivity index (χ0) is 15.6. The third-order valence-electron chi connectivity index (χ3n) is 2.87. The second kappa shape index (κ2) is 5.63. The van der Waals surface area contributed by atoms with Gasteiger partial charge in [-0.2, -0.15) is 13.2 Å². The predicted octanol–water partition coefficient (Wildman–Crippen LogP) is 2.15. The molecule has 21 heavy (non-hydrogen) atoms. The number of amides is 2. The summed E-state index contributed by atoms with van der Waals surface area (Å²) in [4.78, 5) is 22.5. The number of carbonyl (C=O) groups is 2. The Labute approximate surface area is 118 Å². The summed E-state index contributed by atoms with van der Waals surface area (Å²) in [6.45, 7) is 1.48. The van der Waals surface area contributed by atoms with Gasteiger partial charge in [0, 0.05) is 0 Å². The molecular formula is C13H13F3N2O3. The third kappa shape index (κ3) is 4.11. The van der Waals surface area contributed by atoms with Gasteiger partial charge in [-0.3, -0.25) is 9.59 Å². The summed E-state index contributed by atoms with van der Waals surface area (Å²) in [7, 11) is 0. The van der Waals surface area contributed by atoms with E-state index in [0.29, 0.717) is 17.0 Å². The quantitative estimate of drug-likeness (QED) is 0.899. The van der Waals surface area contributed by atoms with Crippen molar-refractivity contribution in [2.24, 2.45) is 0 Å². The minimum absolute atomic E-state index is 0.0791. The van der Waals surface area contributed by atoms with E-state index in [2.05, 4.69) is 10.6 Å². The van der Waals surface area contributed by atoms with E-state index in [9.17, 15) is 22.8 Å². The van der Waals surface area contributed by atoms with Gasteiger partial charge in [0.2, 0.25) is 5.91 Å². The van der Waals surface area contributed by atoms with E-state index < -0.39 is 24.5 Å². The van der Waals surface area contributed by atoms with E-state index >= 15 is 0 Å². The van der Waals surface area contributed by atoms with Crippen LogP contribution < -0.4 is 15.4 Å². The molecule has 0 saturated carbocycles. The first-order valence-corrected chi connectivity index (χ1v) is 6.17. The third-order valence-corrected chi connectivity index (χ3v) is 2.87. The second-order valence-corrected chi connectivity index (χ2v) is 4.67. The van der Waals surface area contributed by atoms with E-state index in [4.69, 9.17) is 4.74 Å². The molecule has 1 aromatic rings. The molecule has 0 radical (unpaired) electrons. The van der Waals surface area contributed by atoms with Crippen molar-refractivity contribution < 1.29 is 27.5 Å². The largest absolute Gasteiger partial charge is 0.482 e. The molecule has 5 nitrogen and oxygen atoms in total. The Kier molecular flexibility index (Phi) is 4.06. The highest BCUT2D eigenvalue weighted by molar-refractivity contribution is 5.95. The Bertz CT molecular complexity index is 572. The van der Waals surface area contributed by atoms with Gasteiger partial charge in [-0.05, 0) is 24.6 Å². The maximum atomic E-state index is 12.1. The summed E-state index contributed by atoms with van der Waals surface area (Å²) < 4.78 is 41.5. The van der Waals surface area contributed by atoms with Gasteiger partial charge in [-0.1, -0.05) is 6.07 Å². The normalized spacial score (nSPS) is 15.5. The van der Waals surface area contributed by atoms with Crippen LogP contribution in [0.1, 0.15) is 24.9 Å². The van der Waals surface area contributed by atoms with E-state index in [0.717, 1.165) is 0 Å². The maximum absolute atomic E-state index is 12.1. The Balaban J connectivity index is 2.06. The van der Waals surface area contributed by atoms with Crippen LogP contribution in [0.3, 0.4) is 0 Å². The Morgan fingerprint density at radius 2 is 2.19 bits per heavy atom. The number of fused-ring (bicyclic) bond motifs is 1. The lowest BCUT2D eigenvalue weighted by Gasteiger charge is -2.21. The molecule has 0 saturated heterocycles. The van der Waals surface area contributed by atoms with Crippen LogP contribution in [0.4, 0.5) is 18.9 Å². The highest BCUT2D eigenvalue weighted by Gasteiger charge is 2.31. The maximum Gasteiger partial charge on any atom is 0.397 e. The van der Waals surface area contributed by atoms with Crippen molar-refractivity contribution in [2.75, 3.05) is 11.9 Å². The van der Waals surface area contributed by atoms with Crippen LogP contribution in [0.5, 0.6) is 5.75 Å². The minimum atomic E-state index is -4.54. The number of hydrogen-bond acceptors (Lipinski definition) is 3. The topological polar surface area (TPSA) is 67.4 Å². The first-order valence-electron chi connectivity index (χ1n) is 6.17. The van der Waals surface area contributed by atoms with Crippen LogP contribution in [-0.2, 0) is 9.59 Å². The molecule has 1 unspecified atom stereocenters. The number of benzene rings is 1. The minimum Gasteiger partial charge on any atom is -0.482 e.